The van der Waals surface area contributed by atoms with E-state index in [2.05, 4.69) is 10.2 Å². The van der Waals surface area contributed by atoms with Gasteiger partial charge in [-0.3, -0.25) is 14.9 Å². The molecule has 1 saturated heterocycles. The van der Waals surface area contributed by atoms with Gasteiger partial charge in [0.25, 0.3) is 5.91 Å². The third-order valence-corrected chi connectivity index (χ3v) is 4.96. The van der Waals surface area contributed by atoms with Crippen LogP contribution in [0.2, 0.25) is 0 Å². The molecule has 0 spiro atoms. The van der Waals surface area contributed by atoms with Gasteiger partial charge in [-0.2, -0.15) is 0 Å². The van der Waals surface area contributed by atoms with Crippen molar-refractivity contribution in [2.45, 2.75) is 33.3 Å². The van der Waals surface area contributed by atoms with Crippen molar-refractivity contribution < 1.29 is 19.1 Å². The first-order chi connectivity index (χ1) is 14.6. The number of piperazine rings is 1. The third-order valence-electron chi connectivity index (χ3n) is 4.96. The van der Waals surface area contributed by atoms with E-state index in [-0.39, 0.29) is 11.7 Å². The van der Waals surface area contributed by atoms with E-state index in [4.69, 9.17) is 4.74 Å². The molecule has 7 nitrogen and oxygen atoms in total. The fourth-order valence-electron chi connectivity index (χ4n) is 3.41. The minimum absolute atomic E-state index is 0.0466. The second-order valence-electron chi connectivity index (χ2n) is 8.59. The van der Waals surface area contributed by atoms with Crippen molar-refractivity contribution in [1.82, 2.24) is 4.90 Å². The van der Waals surface area contributed by atoms with E-state index in [0.29, 0.717) is 43.0 Å². The molecule has 0 radical (unpaired) electrons. The average Bonchev–Trinajstić information content (AvgIpc) is 2.72. The fraction of sp³-hybridized carbons (Fsp3) is 0.375. The highest BCUT2D eigenvalue weighted by Gasteiger charge is 2.23. The van der Waals surface area contributed by atoms with Gasteiger partial charge in [-0.05, 0) is 70.2 Å². The largest absolute Gasteiger partial charge is 0.444 e. The first-order valence-corrected chi connectivity index (χ1v) is 10.4. The monoisotopic (exact) mass is 423 g/mol. The lowest BCUT2D eigenvalue weighted by Gasteiger charge is -2.36. The van der Waals surface area contributed by atoms with Crippen molar-refractivity contribution in [3.8, 4) is 0 Å². The summed E-state index contributed by atoms with van der Waals surface area (Å²) in [7, 11) is 0. The normalized spacial score (nSPS) is 14.2. The lowest BCUT2D eigenvalue weighted by atomic mass is 10.1. The molecule has 0 bridgehead atoms. The number of carbonyl (C=O) groups is 3. The van der Waals surface area contributed by atoms with Gasteiger partial charge in [0.15, 0.2) is 5.78 Å². The quantitative estimate of drug-likeness (QED) is 0.746. The molecule has 0 unspecified atom stereocenters. The number of carbonyl (C=O) groups excluding carboxylic acids is 3. The van der Waals surface area contributed by atoms with Gasteiger partial charge in [-0.25, -0.2) is 4.79 Å². The predicted molar refractivity (Wildman–Crippen MR) is 121 cm³/mol. The van der Waals surface area contributed by atoms with Gasteiger partial charge in [0.2, 0.25) is 0 Å². The summed E-state index contributed by atoms with van der Waals surface area (Å²) >= 11 is 0. The number of benzene rings is 2. The number of Topliss-reactive ketones (excluding diaryl/α,β-unsaturated/α-hetero) is 1. The minimum atomic E-state index is -0.594. The molecule has 1 N–H and O–H groups in total. The van der Waals surface area contributed by atoms with Crippen molar-refractivity contribution in [3.05, 3.63) is 59.7 Å². The number of ether oxygens (including phenoxy) is 1. The number of ketones is 1. The van der Waals surface area contributed by atoms with E-state index in [0.717, 1.165) is 5.69 Å². The molecule has 31 heavy (non-hydrogen) atoms. The third kappa shape index (κ3) is 6.07. The molecule has 0 saturated carbocycles. The summed E-state index contributed by atoms with van der Waals surface area (Å²) < 4.78 is 5.26. The summed E-state index contributed by atoms with van der Waals surface area (Å²) in [6.07, 6.45) is -0.554. The molecule has 1 fully saturated rings. The van der Waals surface area contributed by atoms with Crippen LogP contribution in [-0.4, -0.2) is 54.5 Å². The molecule has 0 aliphatic carbocycles. The van der Waals surface area contributed by atoms with Crippen LogP contribution in [0.5, 0.6) is 0 Å². The molecule has 2 aromatic rings. The lowest BCUT2D eigenvalue weighted by molar-refractivity contribution is 0.0634. The van der Waals surface area contributed by atoms with Crippen LogP contribution in [0.15, 0.2) is 48.5 Å². The van der Waals surface area contributed by atoms with E-state index in [9.17, 15) is 14.4 Å². The standard InChI is InChI=1S/C24H29N3O4/c1-17(28)18-8-10-21(11-9-18)26-12-14-27(15-13-26)22(29)19-6-5-7-20(16-19)25-23(30)31-24(2,3)4/h5-11,16H,12-15H2,1-4H3,(H,25,30). The second kappa shape index (κ2) is 9.20. The van der Waals surface area contributed by atoms with Crippen LogP contribution < -0.4 is 10.2 Å². The minimum Gasteiger partial charge on any atom is -0.444 e. The molecular formula is C24H29N3O4. The van der Waals surface area contributed by atoms with E-state index >= 15 is 0 Å². The van der Waals surface area contributed by atoms with E-state index in [1.807, 2.05) is 29.2 Å². The molecule has 1 aliphatic rings. The van der Waals surface area contributed by atoms with E-state index in [1.54, 1.807) is 52.0 Å². The Morgan fingerprint density at radius 2 is 1.55 bits per heavy atom. The first kappa shape index (κ1) is 22.3. The number of rotatable bonds is 4. The Morgan fingerprint density at radius 1 is 0.903 bits per heavy atom. The Kier molecular flexibility index (Phi) is 6.63. The number of nitrogens with one attached hydrogen (secondary N) is 1. The van der Waals surface area contributed by atoms with Crippen LogP contribution in [0.25, 0.3) is 0 Å². The Balaban J connectivity index is 1.59. The number of amides is 2. The zero-order chi connectivity index (χ0) is 22.6. The molecule has 0 aromatic heterocycles. The van der Waals surface area contributed by atoms with Crippen LogP contribution in [-0.2, 0) is 4.74 Å². The summed E-state index contributed by atoms with van der Waals surface area (Å²) in [4.78, 5) is 40.4. The van der Waals surface area contributed by atoms with Gasteiger partial charge in [-0.15, -0.1) is 0 Å². The molecule has 0 atom stereocenters. The average molecular weight is 424 g/mol. The molecule has 1 heterocycles. The molecule has 7 heteroatoms. The highest BCUT2D eigenvalue weighted by molar-refractivity contribution is 5.96. The maximum absolute atomic E-state index is 13.0. The van der Waals surface area contributed by atoms with Crippen LogP contribution in [0.4, 0.5) is 16.2 Å². The van der Waals surface area contributed by atoms with E-state index in [1.165, 1.54) is 0 Å². The number of nitrogens with zero attached hydrogens (tertiary/aromatic N) is 2. The maximum Gasteiger partial charge on any atom is 0.412 e. The molecule has 3 rings (SSSR count). The zero-order valence-corrected chi connectivity index (χ0v) is 18.5. The van der Waals surface area contributed by atoms with E-state index < -0.39 is 11.7 Å². The van der Waals surface area contributed by atoms with Gasteiger partial charge in [0.1, 0.15) is 5.60 Å². The molecule has 1 aliphatic heterocycles. The summed E-state index contributed by atoms with van der Waals surface area (Å²) in [6, 6.07) is 14.4. The Morgan fingerprint density at radius 3 is 2.13 bits per heavy atom. The van der Waals surface area contributed by atoms with Crippen LogP contribution in [0.1, 0.15) is 48.4 Å². The summed E-state index contributed by atoms with van der Waals surface area (Å²) in [6.45, 7) is 9.55. The number of hydrogen-bond donors (Lipinski definition) is 1. The zero-order valence-electron chi connectivity index (χ0n) is 18.5. The van der Waals surface area contributed by atoms with Crippen molar-refractivity contribution in [1.29, 1.82) is 0 Å². The number of anilines is 2. The SMILES string of the molecule is CC(=O)c1ccc(N2CCN(C(=O)c3cccc(NC(=O)OC(C)(C)C)c3)CC2)cc1. The van der Waals surface area contributed by atoms with Gasteiger partial charge in [0, 0.05) is 48.7 Å². The Bertz CT molecular complexity index is 956. The topological polar surface area (TPSA) is 79.0 Å². The van der Waals surface area contributed by atoms with Crippen LogP contribution in [0.3, 0.4) is 0 Å². The van der Waals surface area contributed by atoms with Gasteiger partial charge < -0.3 is 14.5 Å². The Labute approximate surface area is 183 Å². The lowest BCUT2D eigenvalue weighted by Crippen LogP contribution is -2.48. The van der Waals surface area contributed by atoms with Gasteiger partial charge >= 0.3 is 6.09 Å². The molecular weight excluding hydrogens is 394 g/mol. The highest BCUT2D eigenvalue weighted by Crippen LogP contribution is 2.20. The fourth-order valence-corrected chi connectivity index (χ4v) is 3.41. The molecule has 164 valence electrons. The highest BCUT2D eigenvalue weighted by atomic mass is 16.6. The Hall–Kier alpha value is -3.35. The van der Waals surface area contributed by atoms with Crippen molar-refractivity contribution in [3.63, 3.8) is 0 Å². The van der Waals surface area contributed by atoms with Crippen molar-refractivity contribution in [2.75, 3.05) is 36.4 Å². The van der Waals surface area contributed by atoms with Crippen LogP contribution in [0, 0.1) is 0 Å². The smallest absolute Gasteiger partial charge is 0.412 e. The first-order valence-electron chi connectivity index (χ1n) is 10.4. The number of hydrogen-bond acceptors (Lipinski definition) is 5. The maximum atomic E-state index is 13.0. The summed E-state index contributed by atoms with van der Waals surface area (Å²) in [5.41, 5.74) is 2.18. The van der Waals surface area contributed by atoms with Crippen molar-refractivity contribution in [2.24, 2.45) is 0 Å². The molecule has 2 amide bonds. The summed E-state index contributed by atoms with van der Waals surface area (Å²) in [5.74, 6) is -0.0234. The summed E-state index contributed by atoms with van der Waals surface area (Å²) in [5, 5.41) is 2.67. The second-order valence-corrected chi connectivity index (χ2v) is 8.59. The molecule has 2 aromatic carbocycles. The van der Waals surface area contributed by atoms with Crippen molar-refractivity contribution >= 4 is 29.2 Å². The van der Waals surface area contributed by atoms with Crippen LogP contribution >= 0.6 is 0 Å². The van der Waals surface area contributed by atoms with Gasteiger partial charge in [-0.1, -0.05) is 6.07 Å². The predicted octanol–water partition coefficient (Wildman–Crippen LogP) is 4.20. The van der Waals surface area contributed by atoms with Gasteiger partial charge in [0.05, 0.1) is 0 Å².